The minimum atomic E-state index is 0.528. The smallest absolute Gasteiger partial charge is 0.200 e. The monoisotopic (exact) mass is 251 g/mol. The van der Waals surface area contributed by atoms with Gasteiger partial charge in [-0.15, -0.1) is 0 Å². The summed E-state index contributed by atoms with van der Waals surface area (Å²) in [6.07, 6.45) is 1.91. The summed E-state index contributed by atoms with van der Waals surface area (Å²) < 4.78 is 2.84. The van der Waals surface area contributed by atoms with E-state index in [1.807, 2.05) is 37.5 Å². The van der Waals surface area contributed by atoms with Crippen molar-refractivity contribution < 1.29 is 0 Å². The van der Waals surface area contributed by atoms with Crippen LogP contribution in [-0.2, 0) is 7.05 Å². The Bertz CT molecular complexity index is 443. The number of nitrogens with zero attached hydrogens (tertiary/aromatic N) is 2. The number of aryl methyl sites for hydroxylation is 1. The van der Waals surface area contributed by atoms with Crippen LogP contribution in [0.3, 0.4) is 0 Å². The molecule has 2 aromatic rings. The molecule has 0 aliphatic rings. The summed E-state index contributed by atoms with van der Waals surface area (Å²) in [5.41, 5.74) is 7.61. The minimum absolute atomic E-state index is 0.528. The second kappa shape index (κ2) is 3.46. The van der Waals surface area contributed by atoms with Crippen LogP contribution in [0, 0.1) is 0 Å². The van der Waals surface area contributed by atoms with Crippen LogP contribution in [0.4, 0.5) is 5.95 Å². The Hall–Kier alpha value is -1.29. The molecule has 0 unspecified atom stereocenters. The van der Waals surface area contributed by atoms with Crippen LogP contribution in [0.2, 0.25) is 0 Å². The molecule has 0 atom stereocenters. The summed E-state index contributed by atoms with van der Waals surface area (Å²) in [5.74, 6) is 0.528. The Kier molecular flexibility index (Phi) is 2.29. The highest BCUT2D eigenvalue weighted by molar-refractivity contribution is 9.10. The lowest BCUT2D eigenvalue weighted by Crippen LogP contribution is -1.94. The van der Waals surface area contributed by atoms with Gasteiger partial charge in [0, 0.05) is 23.3 Å². The van der Waals surface area contributed by atoms with Crippen molar-refractivity contribution in [1.29, 1.82) is 0 Å². The lowest BCUT2D eigenvalue weighted by molar-refractivity contribution is 0.930. The maximum Gasteiger partial charge on any atom is 0.200 e. The molecular weight excluding hydrogens is 242 g/mol. The van der Waals surface area contributed by atoms with Gasteiger partial charge < -0.3 is 10.3 Å². The maximum absolute atomic E-state index is 5.66. The maximum atomic E-state index is 5.66. The Morgan fingerprint density at radius 1 is 1.43 bits per heavy atom. The molecule has 0 saturated heterocycles. The molecule has 0 aliphatic heterocycles. The number of rotatable bonds is 1. The van der Waals surface area contributed by atoms with Gasteiger partial charge in [0.05, 0.1) is 5.69 Å². The molecule has 72 valence electrons. The molecule has 0 aliphatic carbocycles. The van der Waals surface area contributed by atoms with Crippen molar-refractivity contribution in [2.75, 3.05) is 5.73 Å². The molecule has 3 nitrogen and oxygen atoms in total. The summed E-state index contributed by atoms with van der Waals surface area (Å²) in [5, 5.41) is 0. The Morgan fingerprint density at radius 2 is 2.21 bits per heavy atom. The van der Waals surface area contributed by atoms with Gasteiger partial charge in [-0.25, -0.2) is 4.98 Å². The van der Waals surface area contributed by atoms with Gasteiger partial charge in [-0.2, -0.15) is 0 Å². The normalized spacial score (nSPS) is 10.4. The number of nitrogens with two attached hydrogens (primary N) is 1. The fourth-order valence-electron chi connectivity index (χ4n) is 1.27. The van der Waals surface area contributed by atoms with E-state index in [0.717, 1.165) is 15.7 Å². The van der Waals surface area contributed by atoms with E-state index in [-0.39, 0.29) is 0 Å². The van der Waals surface area contributed by atoms with Gasteiger partial charge >= 0.3 is 0 Å². The van der Waals surface area contributed by atoms with E-state index < -0.39 is 0 Å². The molecule has 2 rings (SSSR count). The molecule has 1 aromatic heterocycles. The van der Waals surface area contributed by atoms with E-state index in [0.29, 0.717) is 5.95 Å². The fourth-order valence-corrected chi connectivity index (χ4v) is 1.67. The number of benzene rings is 1. The average Bonchev–Trinajstić information content (AvgIpc) is 2.47. The zero-order chi connectivity index (χ0) is 10.1. The third-order valence-corrected chi connectivity index (χ3v) is 2.53. The van der Waals surface area contributed by atoms with Crippen LogP contribution in [0.25, 0.3) is 11.3 Å². The molecule has 1 aromatic carbocycles. The number of hydrogen-bond acceptors (Lipinski definition) is 2. The van der Waals surface area contributed by atoms with Crippen LogP contribution in [0.15, 0.2) is 34.9 Å². The molecule has 14 heavy (non-hydrogen) atoms. The first-order valence-corrected chi connectivity index (χ1v) is 5.01. The molecule has 4 heteroatoms. The van der Waals surface area contributed by atoms with Gasteiger partial charge in [0.25, 0.3) is 0 Å². The summed E-state index contributed by atoms with van der Waals surface area (Å²) in [6, 6.07) is 7.98. The van der Waals surface area contributed by atoms with Crippen molar-refractivity contribution in [3.63, 3.8) is 0 Å². The Labute approximate surface area is 90.7 Å². The SMILES string of the molecule is Cn1cc(-c2cccc(Br)c2)nc1N. The zero-order valence-corrected chi connectivity index (χ0v) is 9.32. The van der Waals surface area contributed by atoms with Gasteiger partial charge in [-0.3, -0.25) is 0 Å². The standard InChI is InChI=1S/C10H10BrN3/c1-14-6-9(13-10(14)12)7-3-2-4-8(11)5-7/h2-6H,1H3,(H2,12,13). The molecule has 2 N–H and O–H groups in total. The predicted octanol–water partition coefficient (Wildman–Crippen LogP) is 2.43. The third-order valence-electron chi connectivity index (χ3n) is 2.03. The first kappa shape index (κ1) is 9.27. The molecular formula is C10H10BrN3. The second-order valence-electron chi connectivity index (χ2n) is 3.11. The number of aromatic nitrogens is 2. The van der Waals surface area contributed by atoms with E-state index in [9.17, 15) is 0 Å². The van der Waals surface area contributed by atoms with Gasteiger partial charge in [0.15, 0.2) is 5.95 Å². The average molecular weight is 252 g/mol. The van der Waals surface area contributed by atoms with E-state index in [1.54, 1.807) is 4.57 Å². The van der Waals surface area contributed by atoms with Gasteiger partial charge in [0.1, 0.15) is 0 Å². The van der Waals surface area contributed by atoms with Gasteiger partial charge in [0.2, 0.25) is 0 Å². The van der Waals surface area contributed by atoms with Crippen LogP contribution in [0.5, 0.6) is 0 Å². The summed E-state index contributed by atoms with van der Waals surface area (Å²) >= 11 is 3.42. The van der Waals surface area contributed by atoms with Crippen molar-refractivity contribution in [2.45, 2.75) is 0 Å². The number of nitrogen functional groups attached to an aromatic ring is 1. The highest BCUT2D eigenvalue weighted by Crippen LogP contribution is 2.22. The van der Waals surface area contributed by atoms with Crippen molar-refractivity contribution >= 4 is 21.9 Å². The van der Waals surface area contributed by atoms with Gasteiger partial charge in [-0.05, 0) is 12.1 Å². The van der Waals surface area contributed by atoms with Crippen molar-refractivity contribution in [2.24, 2.45) is 7.05 Å². The van der Waals surface area contributed by atoms with E-state index in [2.05, 4.69) is 20.9 Å². The van der Waals surface area contributed by atoms with Crippen molar-refractivity contribution in [1.82, 2.24) is 9.55 Å². The summed E-state index contributed by atoms with van der Waals surface area (Å²) in [4.78, 5) is 4.24. The lowest BCUT2D eigenvalue weighted by atomic mass is 10.2. The van der Waals surface area contributed by atoms with Gasteiger partial charge in [-0.1, -0.05) is 28.1 Å². The molecule has 0 spiro atoms. The molecule has 0 saturated carbocycles. The predicted molar refractivity (Wildman–Crippen MR) is 60.8 cm³/mol. The van der Waals surface area contributed by atoms with Crippen molar-refractivity contribution in [3.05, 3.63) is 34.9 Å². The first-order chi connectivity index (χ1) is 6.66. The van der Waals surface area contributed by atoms with E-state index >= 15 is 0 Å². The lowest BCUT2D eigenvalue weighted by Gasteiger charge is -1.95. The van der Waals surface area contributed by atoms with Crippen LogP contribution in [0.1, 0.15) is 0 Å². The number of hydrogen-bond donors (Lipinski definition) is 1. The zero-order valence-electron chi connectivity index (χ0n) is 7.74. The minimum Gasteiger partial charge on any atom is -0.369 e. The molecule has 0 fully saturated rings. The summed E-state index contributed by atoms with van der Waals surface area (Å²) in [7, 11) is 1.88. The number of imidazole rings is 1. The molecule has 0 bridgehead atoms. The topological polar surface area (TPSA) is 43.8 Å². The van der Waals surface area contributed by atoms with Crippen LogP contribution in [-0.4, -0.2) is 9.55 Å². The first-order valence-electron chi connectivity index (χ1n) is 4.21. The molecule has 0 radical (unpaired) electrons. The van der Waals surface area contributed by atoms with E-state index in [1.165, 1.54) is 0 Å². The van der Waals surface area contributed by atoms with E-state index in [4.69, 9.17) is 5.73 Å². The third kappa shape index (κ3) is 1.65. The van der Waals surface area contributed by atoms with Crippen LogP contribution >= 0.6 is 15.9 Å². The van der Waals surface area contributed by atoms with Crippen LogP contribution < -0.4 is 5.73 Å². The molecule has 0 amide bonds. The number of anilines is 1. The quantitative estimate of drug-likeness (QED) is 0.847. The second-order valence-corrected chi connectivity index (χ2v) is 4.02. The Balaban J connectivity index is 2.49. The Morgan fingerprint density at radius 3 is 2.79 bits per heavy atom. The summed E-state index contributed by atoms with van der Waals surface area (Å²) in [6.45, 7) is 0. The van der Waals surface area contributed by atoms with Crippen molar-refractivity contribution in [3.8, 4) is 11.3 Å². The molecule has 1 heterocycles. The highest BCUT2D eigenvalue weighted by atomic mass is 79.9. The fraction of sp³-hybridized carbons (Fsp3) is 0.100. The highest BCUT2D eigenvalue weighted by Gasteiger charge is 2.04. The largest absolute Gasteiger partial charge is 0.369 e. The number of halogens is 1.